The second-order valence-electron chi connectivity index (χ2n) is 4.86. The van der Waals surface area contributed by atoms with E-state index >= 15 is 0 Å². The molecule has 2 aromatic carbocycles. The highest BCUT2D eigenvalue weighted by Crippen LogP contribution is 2.33. The Morgan fingerprint density at radius 2 is 1.70 bits per heavy atom. The molecule has 5 nitrogen and oxygen atoms in total. The number of rotatable bonds is 3. The van der Waals surface area contributed by atoms with E-state index in [2.05, 4.69) is 9.97 Å². The van der Waals surface area contributed by atoms with Gasteiger partial charge >= 0.3 is 0 Å². The molecule has 23 heavy (non-hydrogen) atoms. The van der Waals surface area contributed by atoms with Gasteiger partial charge in [0, 0.05) is 5.02 Å². The van der Waals surface area contributed by atoms with Crippen molar-refractivity contribution in [2.45, 2.75) is 10.6 Å². The lowest BCUT2D eigenvalue weighted by Gasteiger charge is -2.09. The van der Waals surface area contributed by atoms with E-state index in [9.17, 15) is 4.21 Å². The first-order valence-electron chi connectivity index (χ1n) is 6.59. The van der Waals surface area contributed by atoms with Crippen LogP contribution in [0.2, 0.25) is 10.0 Å². The Balaban J connectivity index is 2.01. The first-order chi connectivity index (χ1) is 11.0. The van der Waals surface area contributed by atoms with Crippen LogP contribution in [0.4, 0.5) is 11.8 Å². The van der Waals surface area contributed by atoms with Crippen molar-refractivity contribution < 1.29 is 4.21 Å². The third-order valence-corrected chi connectivity index (χ3v) is 5.45. The maximum atomic E-state index is 12.6. The smallest absolute Gasteiger partial charge is 0.222 e. The van der Waals surface area contributed by atoms with E-state index in [1.807, 2.05) is 12.1 Å². The third-order valence-electron chi connectivity index (χ3n) is 3.27. The Morgan fingerprint density at radius 3 is 2.39 bits per heavy atom. The van der Waals surface area contributed by atoms with Crippen LogP contribution in [0.5, 0.6) is 0 Å². The fraction of sp³-hybridized carbons (Fsp3) is 0.0667. The van der Waals surface area contributed by atoms with Gasteiger partial charge in [0.05, 0.1) is 37.4 Å². The monoisotopic (exact) mass is 366 g/mol. The van der Waals surface area contributed by atoms with Gasteiger partial charge in [0.1, 0.15) is 5.82 Å². The molecule has 1 heterocycles. The molecule has 3 rings (SSSR count). The van der Waals surface area contributed by atoms with E-state index in [1.54, 1.807) is 24.3 Å². The molecule has 0 aliphatic carbocycles. The highest BCUT2D eigenvalue weighted by molar-refractivity contribution is 7.84. The molecule has 118 valence electrons. The van der Waals surface area contributed by atoms with Crippen molar-refractivity contribution in [3.05, 3.63) is 52.0 Å². The minimum atomic E-state index is -1.34. The Kier molecular flexibility index (Phi) is 4.39. The highest BCUT2D eigenvalue weighted by atomic mass is 35.5. The fourth-order valence-electron chi connectivity index (χ4n) is 2.20. The molecule has 3 aromatic rings. The van der Waals surface area contributed by atoms with Gasteiger partial charge in [-0.25, -0.2) is 4.98 Å². The normalized spacial score (nSPS) is 12.4. The minimum absolute atomic E-state index is 0.0705. The molecule has 1 atom stereocenters. The van der Waals surface area contributed by atoms with Crippen LogP contribution in [0.15, 0.2) is 41.3 Å². The summed E-state index contributed by atoms with van der Waals surface area (Å²) < 4.78 is 12.6. The summed E-state index contributed by atoms with van der Waals surface area (Å²) in [5, 5.41) is 1.38. The molecule has 8 heteroatoms. The Morgan fingerprint density at radius 1 is 1.00 bits per heavy atom. The van der Waals surface area contributed by atoms with Gasteiger partial charge in [-0.1, -0.05) is 35.3 Å². The molecule has 1 aromatic heterocycles. The van der Waals surface area contributed by atoms with Gasteiger partial charge in [-0.05, 0) is 29.8 Å². The number of halogens is 2. The largest absolute Gasteiger partial charge is 0.383 e. The zero-order valence-corrected chi connectivity index (χ0v) is 14.1. The molecule has 4 N–H and O–H groups in total. The number of nitrogens with zero attached hydrogens (tertiary/aromatic N) is 2. The summed E-state index contributed by atoms with van der Waals surface area (Å²) in [6.07, 6.45) is 0. The van der Waals surface area contributed by atoms with E-state index in [0.717, 1.165) is 5.56 Å². The summed E-state index contributed by atoms with van der Waals surface area (Å²) in [6.45, 7) is 0. The van der Waals surface area contributed by atoms with Crippen LogP contribution in [0, 0.1) is 0 Å². The lowest BCUT2D eigenvalue weighted by atomic mass is 10.2. The predicted molar refractivity (Wildman–Crippen MR) is 94.9 cm³/mol. The molecule has 0 aliphatic rings. The van der Waals surface area contributed by atoms with Crippen molar-refractivity contribution in [1.82, 2.24) is 9.97 Å². The second kappa shape index (κ2) is 6.31. The van der Waals surface area contributed by atoms with Crippen LogP contribution in [0.1, 0.15) is 5.56 Å². The Labute approximate surface area is 145 Å². The van der Waals surface area contributed by atoms with E-state index < -0.39 is 10.8 Å². The molecule has 1 unspecified atom stereocenters. The molecule has 0 radical (unpaired) electrons. The zero-order valence-electron chi connectivity index (χ0n) is 11.8. The standard InChI is InChI=1S/C15H12Cl2N4OS/c16-9-3-1-8(2-4-9)7-23(22)11-6-5-10-12(13(11)17)14(18)21-15(19)20-10/h1-6H,7H2,(H4,18,19,20,21). The average Bonchev–Trinajstić information content (AvgIpc) is 2.49. The molecule has 0 saturated carbocycles. The number of nitrogens with two attached hydrogens (primary N) is 2. The topological polar surface area (TPSA) is 94.9 Å². The fourth-order valence-corrected chi connectivity index (χ4v) is 4.01. The Hall–Kier alpha value is -1.89. The first kappa shape index (κ1) is 16.0. The van der Waals surface area contributed by atoms with E-state index in [4.69, 9.17) is 34.7 Å². The summed E-state index contributed by atoms with van der Waals surface area (Å²) in [7, 11) is -1.34. The Bertz CT molecular complexity index is 915. The molecule has 0 fully saturated rings. The molecule has 0 spiro atoms. The lowest BCUT2D eigenvalue weighted by Crippen LogP contribution is -2.03. The average molecular weight is 367 g/mol. The summed E-state index contributed by atoms with van der Waals surface area (Å²) in [4.78, 5) is 8.46. The van der Waals surface area contributed by atoms with Gasteiger partial charge in [-0.15, -0.1) is 0 Å². The van der Waals surface area contributed by atoms with E-state index in [-0.39, 0.29) is 16.8 Å². The molecule has 0 amide bonds. The number of fused-ring (bicyclic) bond motifs is 1. The number of nitrogen functional groups attached to an aromatic ring is 2. The highest BCUT2D eigenvalue weighted by Gasteiger charge is 2.16. The van der Waals surface area contributed by atoms with Crippen molar-refractivity contribution in [3.8, 4) is 0 Å². The maximum absolute atomic E-state index is 12.6. The molecule has 0 aliphatic heterocycles. The minimum Gasteiger partial charge on any atom is -0.383 e. The van der Waals surface area contributed by atoms with Gasteiger partial charge in [0.25, 0.3) is 0 Å². The van der Waals surface area contributed by atoms with Crippen molar-refractivity contribution in [2.24, 2.45) is 0 Å². The van der Waals surface area contributed by atoms with Gasteiger partial charge in [-0.2, -0.15) is 4.98 Å². The van der Waals surface area contributed by atoms with Crippen LogP contribution in [0.3, 0.4) is 0 Å². The van der Waals surface area contributed by atoms with E-state index in [0.29, 0.717) is 26.6 Å². The summed E-state index contributed by atoms with van der Waals surface area (Å²) in [5.41, 5.74) is 12.9. The number of benzene rings is 2. The number of hydrogen-bond acceptors (Lipinski definition) is 5. The number of anilines is 2. The molecular weight excluding hydrogens is 355 g/mol. The van der Waals surface area contributed by atoms with Crippen LogP contribution in [0.25, 0.3) is 10.9 Å². The second-order valence-corrected chi connectivity index (χ2v) is 7.09. The molecule has 0 saturated heterocycles. The number of hydrogen-bond donors (Lipinski definition) is 2. The van der Waals surface area contributed by atoms with E-state index in [1.165, 1.54) is 0 Å². The SMILES string of the molecule is Nc1nc(N)c2c(Cl)c(S(=O)Cc3ccc(Cl)cc3)ccc2n1. The predicted octanol–water partition coefficient (Wildman–Crippen LogP) is 3.41. The first-order valence-corrected chi connectivity index (χ1v) is 8.67. The summed E-state index contributed by atoms with van der Waals surface area (Å²) >= 11 is 12.2. The molecule has 0 bridgehead atoms. The van der Waals surface area contributed by atoms with Crippen LogP contribution < -0.4 is 11.5 Å². The quantitative estimate of drug-likeness (QED) is 0.740. The van der Waals surface area contributed by atoms with Crippen molar-refractivity contribution in [2.75, 3.05) is 11.5 Å². The van der Waals surface area contributed by atoms with Crippen LogP contribution in [-0.4, -0.2) is 14.2 Å². The van der Waals surface area contributed by atoms with Crippen molar-refractivity contribution in [1.29, 1.82) is 0 Å². The van der Waals surface area contributed by atoms with Crippen molar-refractivity contribution in [3.63, 3.8) is 0 Å². The molecular formula is C15H12Cl2N4OS. The lowest BCUT2D eigenvalue weighted by molar-refractivity contribution is 0.683. The summed E-state index contributed by atoms with van der Waals surface area (Å²) in [6, 6.07) is 10.5. The van der Waals surface area contributed by atoms with Crippen molar-refractivity contribution >= 4 is 56.7 Å². The summed E-state index contributed by atoms with van der Waals surface area (Å²) in [5.74, 6) is 0.557. The maximum Gasteiger partial charge on any atom is 0.222 e. The van der Waals surface area contributed by atoms with Gasteiger partial charge in [0.2, 0.25) is 5.95 Å². The number of aromatic nitrogens is 2. The third kappa shape index (κ3) is 3.24. The van der Waals surface area contributed by atoms with Gasteiger partial charge in [-0.3, -0.25) is 4.21 Å². The van der Waals surface area contributed by atoms with Crippen LogP contribution >= 0.6 is 23.2 Å². The van der Waals surface area contributed by atoms with Gasteiger partial charge < -0.3 is 11.5 Å². The zero-order chi connectivity index (χ0) is 16.6. The van der Waals surface area contributed by atoms with Gasteiger partial charge in [0.15, 0.2) is 0 Å². The van der Waals surface area contributed by atoms with Crippen LogP contribution in [-0.2, 0) is 16.6 Å².